The van der Waals surface area contributed by atoms with Gasteiger partial charge in [0.2, 0.25) is 5.95 Å². The molecule has 1 fully saturated rings. The molecule has 6 heteroatoms. The van der Waals surface area contributed by atoms with Crippen molar-refractivity contribution in [1.82, 2.24) is 19.4 Å². The topological polar surface area (TPSA) is 66.0 Å². The van der Waals surface area contributed by atoms with Crippen LogP contribution in [0.1, 0.15) is 30.4 Å². The average molecular weight is 365 g/mol. The van der Waals surface area contributed by atoms with Gasteiger partial charge in [0, 0.05) is 32.4 Å². The normalized spacial score (nSPS) is 20.9. The molecule has 0 spiro atoms. The summed E-state index contributed by atoms with van der Waals surface area (Å²) in [5.74, 6) is 1.10. The van der Waals surface area contributed by atoms with Crippen LogP contribution >= 0.6 is 0 Å². The Kier molecular flexibility index (Phi) is 4.74. The van der Waals surface area contributed by atoms with Crippen molar-refractivity contribution >= 4 is 17.0 Å². The Morgan fingerprint density at radius 2 is 1.96 bits per heavy atom. The number of hydrogen-bond donors (Lipinski definition) is 2. The van der Waals surface area contributed by atoms with Crippen LogP contribution in [-0.2, 0) is 13.5 Å². The lowest BCUT2D eigenvalue weighted by atomic mass is 9.88. The first-order chi connectivity index (χ1) is 13.0. The maximum Gasteiger partial charge on any atom is 0.278 e. The zero-order valence-corrected chi connectivity index (χ0v) is 16.2. The van der Waals surface area contributed by atoms with E-state index in [0.717, 1.165) is 25.9 Å². The monoisotopic (exact) mass is 365 g/mol. The van der Waals surface area contributed by atoms with Gasteiger partial charge in [0.05, 0.1) is 5.52 Å². The third-order valence-electron chi connectivity index (χ3n) is 5.61. The van der Waals surface area contributed by atoms with Crippen molar-refractivity contribution in [2.24, 2.45) is 7.05 Å². The van der Waals surface area contributed by atoms with Gasteiger partial charge in [-0.05, 0) is 43.0 Å². The SMILES string of the molecule is CCc1ccc(C2CC(Nc3nc4cc[nH]c4c(=O)n3C)CN(C)C2)cc1. The van der Waals surface area contributed by atoms with E-state index in [9.17, 15) is 4.79 Å². The lowest BCUT2D eigenvalue weighted by Crippen LogP contribution is -2.44. The molecule has 0 bridgehead atoms. The fourth-order valence-electron chi connectivity index (χ4n) is 4.08. The van der Waals surface area contributed by atoms with Crippen LogP contribution in [0.15, 0.2) is 41.3 Å². The molecule has 3 heterocycles. The summed E-state index contributed by atoms with van der Waals surface area (Å²) >= 11 is 0. The van der Waals surface area contributed by atoms with Gasteiger partial charge >= 0.3 is 0 Å². The minimum atomic E-state index is -0.0524. The minimum Gasteiger partial charge on any atom is -0.355 e. The number of fused-ring (bicyclic) bond motifs is 1. The number of rotatable bonds is 4. The van der Waals surface area contributed by atoms with Gasteiger partial charge < -0.3 is 15.2 Å². The highest BCUT2D eigenvalue weighted by Crippen LogP contribution is 2.28. The molecule has 2 unspecified atom stereocenters. The molecule has 1 saturated heterocycles. The standard InChI is InChI=1S/C21H27N5O/c1-4-14-5-7-15(8-6-14)16-11-17(13-25(2)12-16)23-21-24-18-9-10-22-19(18)20(27)26(21)3/h5-10,16-17,22H,4,11-13H2,1-3H3,(H,23,24). The number of H-pyrrole nitrogens is 1. The number of piperidine rings is 1. The van der Waals surface area contributed by atoms with Crippen LogP contribution in [-0.4, -0.2) is 45.6 Å². The summed E-state index contributed by atoms with van der Waals surface area (Å²) in [6.45, 7) is 4.17. The fraction of sp³-hybridized carbons (Fsp3) is 0.429. The molecule has 0 amide bonds. The number of aryl methyl sites for hydroxylation is 1. The van der Waals surface area contributed by atoms with Crippen LogP contribution in [0.5, 0.6) is 0 Å². The Morgan fingerprint density at radius 3 is 2.70 bits per heavy atom. The predicted molar refractivity (Wildman–Crippen MR) is 109 cm³/mol. The third-order valence-corrected chi connectivity index (χ3v) is 5.61. The first kappa shape index (κ1) is 17.8. The number of aromatic nitrogens is 3. The van der Waals surface area contributed by atoms with Crippen molar-refractivity contribution < 1.29 is 0 Å². The van der Waals surface area contributed by atoms with Crippen LogP contribution in [0, 0.1) is 0 Å². The van der Waals surface area contributed by atoms with E-state index in [1.807, 2.05) is 6.07 Å². The highest BCUT2D eigenvalue weighted by molar-refractivity contribution is 5.75. The van der Waals surface area contributed by atoms with Gasteiger partial charge in [0.1, 0.15) is 5.52 Å². The molecular formula is C21H27N5O. The zero-order chi connectivity index (χ0) is 19.0. The summed E-state index contributed by atoms with van der Waals surface area (Å²) in [5.41, 5.74) is 3.96. The van der Waals surface area contributed by atoms with Crippen molar-refractivity contribution in [3.05, 3.63) is 58.0 Å². The second kappa shape index (κ2) is 7.19. The zero-order valence-electron chi connectivity index (χ0n) is 16.2. The Labute approximate surface area is 159 Å². The number of likely N-dealkylation sites (N-methyl/N-ethyl adjacent to an activating group) is 1. The molecule has 2 N–H and O–H groups in total. The van der Waals surface area contributed by atoms with E-state index in [2.05, 4.69) is 58.4 Å². The molecule has 27 heavy (non-hydrogen) atoms. The lowest BCUT2D eigenvalue weighted by molar-refractivity contribution is 0.235. The van der Waals surface area contributed by atoms with E-state index in [1.54, 1.807) is 17.8 Å². The van der Waals surface area contributed by atoms with Crippen LogP contribution in [0.25, 0.3) is 11.0 Å². The van der Waals surface area contributed by atoms with Crippen LogP contribution < -0.4 is 10.9 Å². The number of likely N-dealkylation sites (tertiary alicyclic amines) is 1. The highest BCUT2D eigenvalue weighted by atomic mass is 16.1. The minimum absolute atomic E-state index is 0.0524. The number of hydrogen-bond acceptors (Lipinski definition) is 4. The summed E-state index contributed by atoms with van der Waals surface area (Å²) in [6, 6.07) is 11.1. The molecule has 1 aromatic carbocycles. The molecule has 0 saturated carbocycles. The van der Waals surface area contributed by atoms with Gasteiger partial charge in [-0.2, -0.15) is 0 Å². The smallest absolute Gasteiger partial charge is 0.278 e. The fourth-order valence-corrected chi connectivity index (χ4v) is 4.08. The van der Waals surface area contributed by atoms with E-state index < -0.39 is 0 Å². The maximum absolute atomic E-state index is 12.5. The van der Waals surface area contributed by atoms with Crippen LogP contribution in [0.4, 0.5) is 5.95 Å². The van der Waals surface area contributed by atoms with Gasteiger partial charge in [-0.3, -0.25) is 9.36 Å². The molecule has 1 aliphatic heterocycles. The van der Waals surface area contributed by atoms with Gasteiger partial charge in [0.15, 0.2) is 0 Å². The van der Waals surface area contributed by atoms with E-state index in [0.29, 0.717) is 22.9 Å². The molecule has 0 radical (unpaired) electrons. The average Bonchev–Trinajstić information content (AvgIpc) is 3.14. The number of anilines is 1. The van der Waals surface area contributed by atoms with Gasteiger partial charge in [-0.15, -0.1) is 0 Å². The Balaban J connectivity index is 1.56. The molecular weight excluding hydrogens is 338 g/mol. The number of benzene rings is 1. The first-order valence-corrected chi connectivity index (χ1v) is 9.63. The van der Waals surface area contributed by atoms with Crippen molar-refractivity contribution in [3.8, 4) is 0 Å². The van der Waals surface area contributed by atoms with Crippen molar-refractivity contribution in [2.75, 3.05) is 25.5 Å². The summed E-state index contributed by atoms with van der Waals surface area (Å²) < 4.78 is 1.60. The molecule has 2 atom stereocenters. The summed E-state index contributed by atoms with van der Waals surface area (Å²) in [5, 5.41) is 3.52. The quantitative estimate of drug-likeness (QED) is 0.746. The molecule has 2 aromatic heterocycles. The van der Waals surface area contributed by atoms with Crippen molar-refractivity contribution in [2.45, 2.75) is 31.7 Å². The largest absolute Gasteiger partial charge is 0.355 e. The molecule has 3 aromatic rings. The molecule has 1 aliphatic rings. The number of nitrogens with zero attached hydrogens (tertiary/aromatic N) is 3. The lowest BCUT2D eigenvalue weighted by Gasteiger charge is -2.36. The predicted octanol–water partition coefficient (Wildman–Crippen LogP) is 2.72. The highest BCUT2D eigenvalue weighted by Gasteiger charge is 2.27. The molecule has 4 rings (SSSR count). The number of aromatic amines is 1. The van der Waals surface area contributed by atoms with Crippen molar-refractivity contribution in [3.63, 3.8) is 0 Å². The molecule has 142 valence electrons. The molecule has 6 nitrogen and oxygen atoms in total. The first-order valence-electron chi connectivity index (χ1n) is 9.63. The van der Waals surface area contributed by atoms with Crippen LogP contribution in [0.2, 0.25) is 0 Å². The Hall–Kier alpha value is -2.60. The van der Waals surface area contributed by atoms with Gasteiger partial charge in [-0.1, -0.05) is 31.2 Å². The summed E-state index contributed by atoms with van der Waals surface area (Å²) in [7, 11) is 3.93. The van der Waals surface area contributed by atoms with E-state index >= 15 is 0 Å². The second-order valence-corrected chi connectivity index (χ2v) is 7.63. The summed E-state index contributed by atoms with van der Waals surface area (Å²) in [6.07, 6.45) is 3.85. The van der Waals surface area contributed by atoms with E-state index in [4.69, 9.17) is 0 Å². The van der Waals surface area contributed by atoms with Crippen molar-refractivity contribution in [1.29, 1.82) is 0 Å². The Morgan fingerprint density at radius 1 is 1.19 bits per heavy atom. The van der Waals surface area contributed by atoms with Gasteiger partial charge in [-0.25, -0.2) is 4.98 Å². The van der Waals surface area contributed by atoms with Gasteiger partial charge in [0.25, 0.3) is 5.56 Å². The third kappa shape index (κ3) is 3.49. The van der Waals surface area contributed by atoms with Crippen LogP contribution in [0.3, 0.4) is 0 Å². The number of nitrogens with one attached hydrogen (secondary N) is 2. The van der Waals surface area contributed by atoms with E-state index in [1.165, 1.54) is 11.1 Å². The van der Waals surface area contributed by atoms with E-state index in [-0.39, 0.29) is 11.6 Å². The Bertz CT molecular complexity index is 988. The maximum atomic E-state index is 12.5. The second-order valence-electron chi connectivity index (χ2n) is 7.63. The molecule has 0 aliphatic carbocycles. The summed E-state index contributed by atoms with van der Waals surface area (Å²) in [4.78, 5) is 22.5.